The maximum Gasteiger partial charge on any atom is 0.435 e. The second-order valence-electron chi connectivity index (χ2n) is 6.67. The number of benzene rings is 1. The van der Waals surface area contributed by atoms with Crippen molar-refractivity contribution in [1.29, 1.82) is 0 Å². The zero-order valence-corrected chi connectivity index (χ0v) is 17.4. The Bertz CT molecular complexity index is 1170. The van der Waals surface area contributed by atoms with Gasteiger partial charge in [0.2, 0.25) is 0 Å². The van der Waals surface area contributed by atoms with Gasteiger partial charge >= 0.3 is 6.18 Å². The number of halogens is 4. The molecule has 0 spiro atoms. The maximum absolute atomic E-state index is 13.3. The maximum atomic E-state index is 13.3. The minimum absolute atomic E-state index is 0.00550. The Morgan fingerprint density at radius 1 is 1.13 bits per heavy atom. The quantitative estimate of drug-likeness (QED) is 0.623. The van der Waals surface area contributed by atoms with Crippen LogP contribution in [-0.4, -0.2) is 33.6 Å². The third-order valence-electron chi connectivity index (χ3n) is 4.36. The van der Waals surface area contributed by atoms with Crippen molar-refractivity contribution in [3.8, 4) is 5.82 Å². The third kappa shape index (κ3) is 4.53. The summed E-state index contributed by atoms with van der Waals surface area (Å²) in [5.74, 6) is -1.52. The van der Waals surface area contributed by atoms with Crippen molar-refractivity contribution in [3.05, 3.63) is 69.6 Å². The van der Waals surface area contributed by atoms with E-state index in [1.807, 2.05) is 0 Å². The smallest absolute Gasteiger partial charge is 0.355 e. The van der Waals surface area contributed by atoms with Gasteiger partial charge in [-0.25, -0.2) is 9.67 Å². The predicted octanol–water partition coefficient (Wildman–Crippen LogP) is 4.17. The first-order chi connectivity index (χ1) is 14.5. The highest BCUT2D eigenvalue weighted by Crippen LogP contribution is 2.31. The molecule has 2 N–H and O–H groups in total. The van der Waals surface area contributed by atoms with Gasteiger partial charge < -0.3 is 10.6 Å². The Morgan fingerprint density at radius 3 is 2.45 bits per heavy atom. The number of carbonyl (C=O) groups excluding carboxylic acids is 2. The minimum Gasteiger partial charge on any atom is -0.355 e. The molecule has 3 aromatic rings. The molecule has 2 amide bonds. The van der Waals surface area contributed by atoms with E-state index >= 15 is 0 Å². The van der Waals surface area contributed by atoms with E-state index in [-0.39, 0.29) is 22.1 Å². The third-order valence-corrected chi connectivity index (χ3v) is 4.66. The van der Waals surface area contributed by atoms with E-state index in [1.165, 1.54) is 25.4 Å². The van der Waals surface area contributed by atoms with E-state index in [4.69, 9.17) is 11.6 Å². The Hall–Kier alpha value is -3.40. The summed E-state index contributed by atoms with van der Waals surface area (Å²) in [7, 11) is 1.43. The molecule has 0 bridgehead atoms. The normalized spacial score (nSPS) is 11.3. The number of aromatic nitrogens is 3. The number of nitrogens with one attached hydrogen (secondary N) is 2. The van der Waals surface area contributed by atoms with Crippen LogP contribution in [0.3, 0.4) is 0 Å². The summed E-state index contributed by atoms with van der Waals surface area (Å²) in [6, 6.07) is 6.80. The van der Waals surface area contributed by atoms with E-state index in [0.29, 0.717) is 11.6 Å². The van der Waals surface area contributed by atoms with E-state index in [0.717, 1.165) is 10.2 Å². The number of nitrogens with zero attached hydrogens (tertiary/aromatic N) is 3. The van der Waals surface area contributed by atoms with E-state index in [1.54, 1.807) is 26.0 Å². The van der Waals surface area contributed by atoms with Crippen molar-refractivity contribution in [2.24, 2.45) is 0 Å². The number of hydrogen-bond donors (Lipinski definition) is 2. The molecular weight excluding hydrogens is 435 g/mol. The molecule has 162 valence electrons. The van der Waals surface area contributed by atoms with E-state index in [9.17, 15) is 22.8 Å². The van der Waals surface area contributed by atoms with Crippen LogP contribution in [0.2, 0.25) is 5.02 Å². The lowest BCUT2D eigenvalue weighted by Crippen LogP contribution is -2.23. The number of amides is 2. The van der Waals surface area contributed by atoms with Crippen molar-refractivity contribution in [2.45, 2.75) is 20.0 Å². The highest BCUT2D eigenvalue weighted by Gasteiger charge is 2.36. The monoisotopic (exact) mass is 451 g/mol. The largest absolute Gasteiger partial charge is 0.435 e. The molecule has 3 rings (SSSR count). The number of aryl methyl sites for hydroxylation is 2. The first kappa shape index (κ1) is 22.3. The lowest BCUT2D eigenvalue weighted by atomic mass is 10.0. The second-order valence-corrected chi connectivity index (χ2v) is 7.08. The van der Waals surface area contributed by atoms with Crippen LogP contribution in [0.5, 0.6) is 0 Å². The standard InChI is InChI=1S/C20H17ClF3N5O2/c1-10-7-11(2)16(12(8-10)18(30)25-3)27-19(31)14-9-15(20(22,23)24)28-29(14)17-13(21)5-4-6-26-17/h4-9H,1-3H3,(H,25,30)(H,27,31). The topological polar surface area (TPSA) is 88.9 Å². The SMILES string of the molecule is CNC(=O)c1cc(C)cc(C)c1NC(=O)c1cc(C(F)(F)F)nn1-c1ncccc1Cl. The van der Waals surface area contributed by atoms with E-state index in [2.05, 4.69) is 20.7 Å². The first-order valence-electron chi connectivity index (χ1n) is 8.95. The van der Waals surface area contributed by atoms with Crippen LogP contribution in [0.25, 0.3) is 5.82 Å². The summed E-state index contributed by atoms with van der Waals surface area (Å²) in [5.41, 5.74) is -0.0549. The highest BCUT2D eigenvalue weighted by molar-refractivity contribution is 6.32. The summed E-state index contributed by atoms with van der Waals surface area (Å²) in [6.07, 6.45) is -3.49. The minimum atomic E-state index is -4.80. The summed E-state index contributed by atoms with van der Waals surface area (Å²) in [6.45, 7) is 3.45. The second kappa shape index (κ2) is 8.38. The van der Waals surface area contributed by atoms with Crippen LogP contribution in [0.4, 0.5) is 18.9 Å². The summed E-state index contributed by atoms with van der Waals surface area (Å²) >= 11 is 6.06. The Balaban J connectivity index is 2.12. The van der Waals surface area contributed by atoms with Crippen molar-refractivity contribution >= 4 is 29.1 Å². The Labute approximate surface area is 180 Å². The zero-order valence-electron chi connectivity index (χ0n) is 16.6. The fourth-order valence-electron chi connectivity index (χ4n) is 3.00. The average molecular weight is 452 g/mol. The van der Waals surface area contributed by atoms with E-state index < -0.39 is 29.4 Å². The number of alkyl halides is 3. The molecule has 0 saturated heterocycles. The molecule has 0 radical (unpaired) electrons. The van der Waals surface area contributed by atoms with Crippen LogP contribution >= 0.6 is 11.6 Å². The molecule has 0 aliphatic rings. The van der Waals surface area contributed by atoms with Crippen molar-refractivity contribution in [1.82, 2.24) is 20.1 Å². The molecular formula is C20H17ClF3N5O2. The van der Waals surface area contributed by atoms with Crippen LogP contribution < -0.4 is 10.6 Å². The molecule has 0 atom stereocenters. The highest BCUT2D eigenvalue weighted by atomic mass is 35.5. The van der Waals surface area contributed by atoms with Gasteiger partial charge in [-0.05, 0) is 43.2 Å². The molecule has 1 aromatic carbocycles. The fraction of sp³-hybridized carbons (Fsp3) is 0.200. The van der Waals surface area contributed by atoms with Gasteiger partial charge in [-0.2, -0.15) is 18.3 Å². The summed E-state index contributed by atoms with van der Waals surface area (Å²) in [4.78, 5) is 29.2. The van der Waals surface area contributed by atoms with Crippen LogP contribution in [0.1, 0.15) is 37.7 Å². The fourth-order valence-corrected chi connectivity index (χ4v) is 3.20. The molecule has 11 heteroatoms. The van der Waals surface area contributed by atoms with Gasteiger partial charge in [-0.15, -0.1) is 0 Å². The number of carbonyl (C=O) groups is 2. The number of pyridine rings is 1. The summed E-state index contributed by atoms with van der Waals surface area (Å²) < 4.78 is 40.6. The molecule has 0 unspecified atom stereocenters. The summed E-state index contributed by atoms with van der Waals surface area (Å²) in [5, 5.41) is 8.50. The van der Waals surface area contributed by atoms with Gasteiger partial charge in [-0.1, -0.05) is 17.7 Å². The number of anilines is 1. The molecule has 2 heterocycles. The van der Waals surface area contributed by atoms with Gasteiger partial charge in [0.25, 0.3) is 11.8 Å². The molecule has 31 heavy (non-hydrogen) atoms. The molecule has 0 aliphatic heterocycles. The lowest BCUT2D eigenvalue weighted by Gasteiger charge is -2.15. The van der Waals surface area contributed by atoms with Gasteiger partial charge in [0.1, 0.15) is 5.69 Å². The van der Waals surface area contributed by atoms with Crippen LogP contribution in [0, 0.1) is 13.8 Å². The molecule has 0 fully saturated rings. The van der Waals surface area contributed by atoms with Gasteiger partial charge in [0.15, 0.2) is 11.5 Å². The van der Waals surface area contributed by atoms with Crippen molar-refractivity contribution in [2.75, 3.05) is 12.4 Å². The Kier molecular flexibility index (Phi) is 6.03. The van der Waals surface area contributed by atoms with Crippen molar-refractivity contribution < 1.29 is 22.8 Å². The molecule has 0 saturated carbocycles. The van der Waals surface area contributed by atoms with Gasteiger partial charge in [0, 0.05) is 19.3 Å². The van der Waals surface area contributed by atoms with Gasteiger partial charge in [0.05, 0.1) is 16.3 Å². The Morgan fingerprint density at radius 2 is 1.84 bits per heavy atom. The molecule has 0 aliphatic carbocycles. The van der Waals surface area contributed by atoms with Gasteiger partial charge in [-0.3, -0.25) is 9.59 Å². The average Bonchev–Trinajstić information content (AvgIpc) is 3.15. The molecule has 2 aromatic heterocycles. The first-order valence-corrected chi connectivity index (χ1v) is 9.33. The molecule has 7 nitrogen and oxygen atoms in total. The van der Waals surface area contributed by atoms with Crippen LogP contribution in [-0.2, 0) is 6.18 Å². The number of hydrogen-bond acceptors (Lipinski definition) is 4. The number of rotatable bonds is 4. The lowest BCUT2D eigenvalue weighted by molar-refractivity contribution is -0.141. The van der Waals surface area contributed by atoms with Crippen LogP contribution in [0.15, 0.2) is 36.5 Å². The zero-order chi connectivity index (χ0) is 22.9. The van der Waals surface area contributed by atoms with Crippen molar-refractivity contribution in [3.63, 3.8) is 0 Å². The predicted molar refractivity (Wildman–Crippen MR) is 109 cm³/mol.